The van der Waals surface area contributed by atoms with Crippen LogP contribution in [0.2, 0.25) is 0 Å². The van der Waals surface area contributed by atoms with E-state index in [1.165, 1.54) is 0 Å². The zero-order valence-electron chi connectivity index (χ0n) is 25.5. The molecule has 0 spiro atoms. The van der Waals surface area contributed by atoms with Gasteiger partial charge in [-0.25, -0.2) is 19.8 Å². The molecule has 3 aromatic heterocycles. The number of hydrogen-bond donors (Lipinski definition) is 3. The number of imidazole rings is 1. The number of H-pyrrole nitrogens is 1. The summed E-state index contributed by atoms with van der Waals surface area (Å²) in [6.45, 7) is 2.26. The Hall–Kier alpha value is -4.36. The standard InChI is InChI=1S/C32H38N8O4S/c1-44-28-20-33-11-9-24(28)22-6-7-25-26(18-22)36-32(35-25)37-29-19-23(8-12-34-29)40(27(31(42)43)10-17-45-2)39-15-13-38(14-16-39)30(41)21-4-3-5-21/h6-9,11-12,18-21,27H,3-5,10,13-17H2,1-2H3,(H,42,43)(H2,34,35,36,37)/t27-/m0/s1. The topological polar surface area (TPSA) is 140 Å². The van der Waals surface area contributed by atoms with E-state index >= 15 is 0 Å². The molecule has 45 heavy (non-hydrogen) atoms. The first kappa shape index (κ1) is 30.7. The molecule has 12 nitrogen and oxygen atoms in total. The molecule has 1 aliphatic heterocycles. The summed E-state index contributed by atoms with van der Waals surface area (Å²) in [6.07, 6.45) is 10.6. The molecule has 0 bridgehead atoms. The van der Waals surface area contributed by atoms with Gasteiger partial charge in [0, 0.05) is 56.1 Å². The molecule has 6 rings (SSSR count). The Morgan fingerprint density at radius 1 is 1.16 bits per heavy atom. The predicted octanol–water partition coefficient (Wildman–Crippen LogP) is 4.64. The number of aromatic amines is 1. The van der Waals surface area contributed by atoms with Crippen molar-refractivity contribution in [1.82, 2.24) is 29.8 Å². The number of aliphatic carboxylic acids is 1. The van der Waals surface area contributed by atoms with Crippen LogP contribution in [0.25, 0.3) is 22.2 Å². The van der Waals surface area contributed by atoms with Gasteiger partial charge in [0.2, 0.25) is 11.9 Å². The molecule has 1 atom stereocenters. The number of fused-ring (bicyclic) bond motifs is 1. The number of nitrogens with zero attached hydrogens (tertiary/aromatic N) is 6. The molecule has 1 saturated carbocycles. The lowest BCUT2D eigenvalue weighted by Crippen LogP contribution is -2.60. The fraction of sp³-hybridized carbons (Fsp3) is 0.406. The third-order valence-electron chi connectivity index (χ3n) is 8.55. The second-order valence-electron chi connectivity index (χ2n) is 11.3. The van der Waals surface area contributed by atoms with E-state index in [9.17, 15) is 14.7 Å². The van der Waals surface area contributed by atoms with Crippen molar-refractivity contribution in [2.24, 2.45) is 5.92 Å². The van der Waals surface area contributed by atoms with E-state index in [2.05, 4.69) is 25.3 Å². The maximum Gasteiger partial charge on any atom is 0.327 e. The van der Waals surface area contributed by atoms with Crippen LogP contribution in [0.1, 0.15) is 25.7 Å². The summed E-state index contributed by atoms with van der Waals surface area (Å²) >= 11 is 1.62. The number of carbonyl (C=O) groups excluding carboxylic acids is 1. The van der Waals surface area contributed by atoms with Crippen molar-refractivity contribution >= 4 is 52.1 Å². The molecular formula is C32H38N8O4S. The minimum atomic E-state index is -0.887. The molecule has 1 amide bonds. The molecule has 3 N–H and O–H groups in total. The number of anilines is 3. The van der Waals surface area contributed by atoms with Crippen molar-refractivity contribution in [2.45, 2.75) is 31.7 Å². The van der Waals surface area contributed by atoms with Crippen LogP contribution in [0, 0.1) is 5.92 Å². The number of piperazine rings is 1. The molecule has 2 aliphatic rings. The van der Waals surface area contributed by atoms with Gasteiger partial charge in [0.1, 0.15) is 17.6 Å². The molecule has 236 valence electrons. The van der Waals surface area contributed by atoms with Gasteiger partial charge in [0.15, 0.2) is 0 Å². The van der Waals surface area contributed by atoms with Crippen molar-refractivity contribution in [2.75, 3.05) is 55.6 Å². The highest BCUT2D eigenvalue weighted by Gasteiger charge is 2.36. The lowest BCUT2D eigenvalue weighted by Gasteiger charge is -2.45. The zero-order valence-corrected chi connectivity index (χ0v) is 26.3. The number of pyridine rings is 2. The lowest BCUT2D eigenvalue weighted by atomic mass is 9.84. The smallest absolute Gasteiger partial charge is 0.327 e. The quantitative estimate of drug-likeness (QED) is 0.202. The Morgan fingerprint density at radius 2 is 1.98 bits per heavy atom. The molecule has 4 heterocycles. The van der Waals surface area contributed by atoms with E-state index in [1.54, 1.807) is 37.5 Å². The van der Waals surface area contributed by atoms with Crippen LogP contribution in [0.3, 0.4) is 0 Å². The number of amides is 1. The van der Waals surface area contributed by atoms with Gasteiger partial charge in [-0.15, -0.1) is 0 Å². The first-order valence-electron chi connectivity index (χ1n) is 15.2. The van der Waals surface area contributed by atoms with E-state index < -0.39 is 12.0 Å². The zero-order chi connectivity index (χ0) is 31.3. The second kappa shape index (κ2) is 13.7. The van der Waals surface area contributed by atoms with Gasteiger partial charge in [-0.05, 0) is 61.1 Å². The van der Waals surface area contributed by atoms with Crippen LogP contribution < -0.4 is 15.1 Å². The third kappa shape index (κ3) is 6.69. The fourth-order valence-corrected chi connectivity index (χ4v) is 6.39. The molecule has 1 aliphatic carbocycles. The molecule has 2 fully saturated rings. The van der Waals surface area contributed by atoms with E-state index in [1.807, 2.05) is 52.6 Å². The summed E-state index contributed by atoms with van der Waals surface area (Å²) in [4.78, 5) is 44.1. The van der Waals surface area contributed by atoms with Gasteiger partial charge in [-0.2, -0.15) is 11.8 Å². The maximum absolute atomic E-state index is 12.9. The largest absolute Gasteiger partial charge is 0.494 e. The van der Waals surface area contributed by atoms with Crippen molar-refractivity contribution in [1.29, 1.82) is 0 Å². The van der Waals surface area contributed by atoms with Crippen LogP contribution in [-0.4, -0.2) is 98.2 Å². The number of methoxy groups -OCH3 is 1. The monoisotopic (exact) mass is 630 g/mol. The van der Waals surface area contributed by atoms with Gasteiger partial charge in [0.05, 0.1) is 30.0 Å². The van der Waals surface area contributed by atoms with E-state index in [0.717, 1.165) is 41.4 Å². The highest BCUT2D eigenvalue weighted by atomic mass is 32.2. The van der Waals surface area contributed by atoms with Crippen LogP contribution in [-0.2, 0) is 9.59 Å². The number of thioether (sulfide) groups is 1. The fourth-order valence-electron chi connectivity index (χ4n) is 5.93. The summed E-state index contributed by atoms with van der Waals surface area (Å²) < 4.78 is 5.48. The SMILES string of the molecule is COc1cnccc1-c1ccc2nc(Nc3cc(N([C@@H](CCSC)C(=O)O)N4CCN(C(=O)C5CCC5)CC4)ccn3)[nH]c2c1. The van der Waals surface area contributed by atoms with Gasteiger partial charge >= 0.3 is 5.97 Å². The molecule has 13 heteroatoms. The number of benzene rings is 1. The highest BCUT2D eigenvalue weighted by molar-refractivity contribution is 7.98. The summed E-state index contributed by atoms with van der Waals surface area (Å²) in [5.74, 6) is 1.93. The van der Waals surface area contributed by atoms with E-state index in [4.69, 9.17) is 9.72 Å². The van der Waals surface area contributed by atoms with Crippen LogP contribution in [0.15, 0.2) is 55.0 Å². The molecule has 0 radical (unpaired) electrons. The second-order valence-corrected chi connectivity index (χ2v) is 12.3. The van der Waals surface area contributed by atoms with Gasteiger partial charge < -0.3 is 25.0 Å². The average molecular weight is 631 g/mol. The number of aromatic nitrogens is 4. The summed E-state index contributed by atoms with van der Waals surface area (Å²) in [7, 11) is 1.62. The van der Waals surface area contributed by atoms with Gasteiger partial charge in [0.25, 0.3) is 0 Å². The first-order chi connectivity index (χ1) is 21.9. The Morgan fingerprint density at radius 3 is 2.69 bits per heavy atom. The Labute approximate surface area is 266 Å². The lowest BCUT2D eigenvalue weighted by molar-refractivity contribution is -0.142. The predicted molar refractivity (Wildman–Crippen MR) is 176 cm³/mol. The van der Waals surface area contributed by atoms with Gasteiger partial charge in [-0.3, -0.25) is 14.8 Å². The minimum absolute atomic E-state index is 0.151. The number of nitrogens with one attached hydrogen (secondary N) is 2. The number of carboxylic acids is 1. The Kier molecular flexibility index (Phi) is 9.36. The molecule has 1 aromatic carbocycles. The molecule has 1 saturated heterocycles. The number of carboxylic acid groups (broad SMARTS) is 1. The van der Waals surface area contributed by atoms with Gasteiger partial charge in [-0.1, -0.05) is 12.5 Å². The number of carbonyl (C=O) groups is 2. The van der Waals surface area contributed by atoms with Crippen molar-refractivity contribution < 1.29 is 19.4 Å². The van der Waals surface area contributed by atoms with Crippen molar-refractivity contribution in [3.05, 3.63) is 55.0 Å². The summed E-state index contributed by atoms with van der Waals surface area (Å²) in [5.41, 5.74) is 4.22. The number of rotatable bonds is 12. The van der Waals surface area contributed by atoms with Crippen molar-refractivity contribution in [3.8, 4) is 16.9 Å². The van der Waals surface area contributed by atoms with Crippen LogP contribution >= 0.6 is 11.8 Å². The summed E-state index contributed by atoms with van der Waals surface area (Å²) in [6, 6.07) is 10.8. The molecule has 0 unspecified atom stereocenters. The third-order valence-corrected chi connectivity index (χ3v) is 9.20. The highest BCUT2D eigenvalue weighted by Crippen LogP contribution is 2.32. The Bertz CT molecular complexity index is 1650. The van der Waals surface area contributed by atoms with Crippen molar-refractivity contribution in [3.63, 3.8) is 0 Å². The summed E-state index contributed by atoms with van der Waals surface area (Å²) in [5, 5.41) is 17.6. The number of hydrogen-bond acceptors (Lipinski definition) is 10. The normalized spacial score (nSPS) is 16.3. The first-order valence-corrected chi connectivity index (χ1v) is 16.6. The molecule has 4 aromatic rings. The average Bonchev–Trinajstić information content (AvgIpc) is 3.43. The Balaban J connectivity index is 1.24. The van der Waals surface area contributed by atoms with Crippen LogP contribution in [0.4, 0.5) is 17.5 Å². The minimum Gasteiger partial charge on any atom is -0.494 e. The maximum atomic E-state index is 12.9. The van der Waals surface area contributed by atoms with E-state index in [0.29, 0.717) is 61.6 Å². The van der Waals surface area contributed by atoms with Crippen LogP contribution in [0.5, 0.6) is 5.75 Å². The van der Waals surface area contributed by atoms with E-state index in [-0.39, 0.29) is 11.8 Å². The molecular weight excluding hydrogens is 592 g/mol. The number of ether oxygens (including phenoxy) is 1. The number of hydrazine groups is 1.